The van der Waals surface area contributed by atoms with Gasteiger partial charge in [-0.1, -0.05) is 0 Å². The van der Waals surface area contributed by atoms with Gasteiger partial charge in [0.25, 0.3) is 0 Å². The summed E-state index contributed by atoms with van der Waals surface area (Å²) >= 11 is 0. The Kier molecular flexibility index (Phi) is 3.49. The Labute approximate surface area is 87.1 Å². The Morgan fingerprint density at radius 1 is 1.47 bits per heavy atom. The number of benzene rings is 1. The molecule has 0 amide bonds. The molecular weight excluding hydrogens is 201 g/mol. The van der Waals surface area contributed by atoms with Gasteiger partial charge in [0.1, 0.15) is 23.4 Å². The van der Waals surface area contributed by atoms with Crippen LogP contribution in [0.25, 0.3) is 0 Å². The average molecular weight is 215 g/mol. The van der Waals surface area contributed by atoms with Crippen LogP contribution in [0, 0.1) is 5.82 Å². The van der Waals surface area contributed by atoms with Gasteiger partial charge in [0.2, 0.25) is 0 Å². The van der Waals surface area contributed by atoms with E-state index < -0.39 is 18.0 Å². The van der Waals surface area contributed by atoms with E-state index in [1.807, 2.05) is 0 Å². The summed E-state index contributed by atoms with van der Waals surface area (Å²) in [5.41, 5.74) is 5.43. The molecule has 2 unspecified atom stereocenters. The molecule has 84 valence electrons. The van der Waals surface area contributed by atoms with Gasteiger partial charge >= 0.3 is 0 Å². The van der Waals surface area contributed by atoms with Crippen LogP contribution >= 0.6 is 0 Å². The van der Waals surface area contributed by atoms with Crippen molar-refractivity contribution in [2.24, 2.45) is 5.73 Å². The quantitative estimate of drug-likeness (QED) is 0.700. The van der Waals surface area contributed by atoms with Crippen LogP contribution in [0.2, 0.25) is 0 Å². The van der Waals surface area contributed by atoms with Crippen molar-refractivity contribution in [2.75, 3.05) is 7.11 Å². The van der Waals surface area contributed by atoms with Gasteiger partial charge in [-0.05, 0) is 6.92 Å². The van der Waals surface area contributed by atoms with E-state index in [-0.39, 0.29) is 17.1 Å². The van der Waals surface area contributed by atoms with Gasteiger partial charge < -0.3 is 20.7 Å². The first kappa shape index (κ1) is 11.7. The molecule has 1 rings (SSSR count). The lowest BCUT2D eigenvalue weighted by molar-refractivity contribution is 0.144. The zero-order valence-electron chi connectivity index (χ0n) is 8.57. The summed E-state index contributed by atoms with van der Waals surface area (Å²) in [7, 11) is 1.33. The molecule has 0 bridgehead atoms. The molecule has 5 heteroatoms. The molecule has 4 nitrogen and oxygen atoms in total. The van der Waals surface area contributed by atoms with Gasteiger partial charge in [-0.3, -0.25) is 0 Å². The minimum absolute atomic E-state index is 0.0368. The fraction of sp³-hybridized carbons (Fsp3) is 0.400. The second-order valence-corrected chi connectivity index (χ2v) is 3.35. The van der Waals surface area contributed by atoms with Crippen LogP contribution in [0.4, 0.5) is 4.39 Å². The minimum atomic E-state index is -1.17. The van der Waals surface area contributed by atoms with Gasteiger partial charge in [-0.2, -0.15) is 0 Å². The van der Waals surface area contributed by atoms with E-state index in [0.29, 0.717) is 0 Å². The van der Waals surface area contributed by atoms with Gasteiger partial charge in [0.05, 0.1) is 12.7 Å². The van der Waals surface area contributed by atoms with Crippen molar-refractivity contribution < 1.29 is 19.3 Å². The molecule has 0 saturated heterocycles. The molecule has 1 aromatic carbocycles. The smallest absolute Gasteiger partial charge is 0.136 e. The summed E-state index contributed by atoms with van der Waals surface area (Å²) in [5.74, 6) is -0.918. The second kappa shape index (κ2) is 4.46. The Hall–Kier alpha value is -1.33. The number of nitrogens with two attached hydrogens (primary N) is 1. The summed E-state index contributed by atoms with van der Waals surface area (Å²) in [5, 5.41) is 18.8. The molecule has 0 heterocycles. The minimum Gasteiger partial charge on any atom is -0.508 e. The summed E-state index contributed by atoms with van der Waals surface area (Å²) in [6.45, 7) is 1.55. The van der Waals surface area contributed by atoms with Crippen molar-refractivity contribution >= 4 is 0 Å². The van der Waals surface area contributed by atoms with Crippen LogP contribution in [0.5, 0.6) is 11.5 Å². The van der Waals surface area contributed by atoms with Crippen molar-refractivity contribution in [3.05, 3.63) is 23.5 Å². The zero-order chi connectivity index (χ0) is 11.6. The van der Waals surface area contributed by atoms with Gasteiger partial charge in [-0.15, -0.1) is 0 Å². The molecule has 0 aliphatic heterocycles. The number of phenols is 1. The number of rotatable bonds is 3. The Bertz CT molecular complexity index is 355. The van der Waals surface area contributed by atoms with Crippen molar-refractivity contribution in [1.29, 1.82) is 0 Å². The summed E-state index contributed by atoms with van der Waals surface area (Å²) < 4.78 is 18.3. The highest BCUT2D eigenvalue weighted by molar-refractivity contribution is 5.42. The summed E-state index contributed by atoms with van der Waals surface area (Å²) in [4.78, 5) is 0. The van der Waals surface area contributed by atoms with E-state index in [9.17, 15) is 9.50 Å². The topological polar surface area (TPSA) is 75.7 Å². The molecule has 0 radical (unpaired) electrons. The van der Waals surface area contributed by atoms with Crippen LogP contribution in [0.15, 0.2) is 12.1 Å². The highest BCUT2D eigenvalue weighted by atomic mass is 19.1. The van der Waals surface area contributed by atoms with Crippen LogP contribution in [-0.2, 0) is 0 Å². The lowest BCUT2D eigenvalue weighted by Crippen LogP contribution is -2.25. The van der Waals surface area contributed by atoms with Crippen LogP contribution in [-0.4, -0.2) is 23.4 Å². The molecule has 0 aromatic heterocycles. The molecule has 0 aliphatic rings. The third-order valence-electron chi connectivity index (χ3n) is 2.09. The lowest BCUT2D eigenvalue weighted by Gasteiger charge is -2.18. The third kappa shape index (κ3) is 2.37. The first-order valence-corrected chi connectivity index (χ1v) is 4.47. The Balaban J connectivity index is 3.26. The first-order chi connectivity index (χ1) is 6.97. The number of ether oxygens (including phenoxy) is 1. The van der Waals surface area contributed by atoms with Gasteiger partial charge in [0.15, 0.2) is 0 Å². The fourth-order valence-electron chi connectivity index (χ4n) is 1.30. The van der Waals surface area contributed by atoms with E-state index in [4.69, 9.17) is 15.6 Å². The maximum atomic E-state index is 13.5. The van der Waals surface area contributed by atoms with Crippen molar-refractivity contribution in [3.8, 4) is 11.5 Å². The largest absolute Gasteiger partial charge is 0.508 e. The molecule has 2 atom stereocenters. The molecule has 15 heavy (non-hydrogen) atoms. The predicted octanol–water partition coefficient (Wildman–Crippen LogP) is 0.920. The van der Waals surface area contributed by atoms with Crippen LogP contribution in [0.3, 0.4) is 0 Å². The van der Waals surface area contributed by atoms with Crippen molar-refractivity contribution in [3.63, 3.8) is 0 Å². The Morgan fingerprint density at radius 2 is 2.07 bits per heavy atom. The van der Waals surface area contributed by atoms with Crippen molar-refractivity contribution in [2.45, 2.75) is 19.1 Å². The van der Waals surface area contributed by atoms with E-state index >= 15 is 0 Å². The third-order valence-corrected chi connectivity index (χ3v) is 2.09. The molecule has 0 aliphatic carbocycles. The van der Waals surface area contributed by atoms with E-state index in [2.05, 4.69) is 0 Å². The molecular formula is C10H14FNO3. The van der Waals surface area contributed by atoms with Gasteiger partial charge in [-0.25, -0.2) is 4.39 Å². The molecule has 0 fully saturated rings. The number of halogens is 1. The van der Waals surface area contributed by atoms with E-state index in [0.717, 1.165) is 6.07 Å². The monoisotopic (exact) mass is 215 g/mol. The number of aromatic hydroxyl groups is 1. The highest BCUT2D eigenvalue weighted by Crippen LogP contribution is 2.32. The molecule has 4 N–H and O–H groups in total. The first-order valence-electron chi connectivity index (χ1n) is 4.47. The molecule has 0 saturated carbocycles. The average Bonchev–Trinajstić information content (AvgIpc) is 2.15. The summed E-state index contributed by atoms with van der Waals surface area (Å²) in [6.07, 6.45) is -1.17. The standard InChI is InChI=1S/C10H14FNO3/c1-5(12)10(14)9-7(11)3-6(13)4-8(9)15-2/h3-5,10,13-14H,12H2,1-2H3. The van der Waals surface area contributed by atoms with E-state index in [1.165, 1.54) is 13.2 Å². The van der Waals surface area contributed by atoms with Crippen LogP contribution < -0.4 is 10.5 Å². The lowest BCUT2D eigenvalue weighted by atomic mass is 10.0. The molecule has 1 aromatic rings. The number of aliphatic hydroxyl groups is 1. The number of methoxy groups -OCH3 is 1. The normalized spacial score (nSPS) is 14.7. The van der Waals surface area contributed by atoms with E-state index in [1.54, 1.807) is 6.92 Å². The zero-order valence-corrected chi connectivity index (χ0v) is 8.57. The second-order valence-electron chi connectivity index (χ2n) is 3.35. The number of phenolic OH excluding ortho intramolecular Hbond substituents is 1. The van der Waals surface area contributed by atoms with Crippen LogP contribution in [0.1, 0.15) is 18.6 Å². The Morgan fingerprint density at radius 3 is 2.53 bits per heavy atom. The number of hydrogen-bond donors (Lipinski definition) is 3. The maximum absolute atomic E-state index is 13.5. The summed E-state index contributed by atoms with van der Waals surface area (Å²) in [6, 6.07) is 1.51. The predicted molar refractivity (Wildman–Crippen MR) is 53.2 cm³/mol. The number of aliphatic hydroxyl groups excluding tert-OH is 1. The highest BCUT2D eigenvalue weighted by Gasteiger charge is 2.22. The number of hydrogen-bond acceptors (Lipinski definition) is 4. The SMILES string of the molecule is COc1cc(O)cc(F)c1C(O)C(C)N. The fourth-order valence-corrected chi connectivity index (χ4v) is 1.30. The molecule has 0 spiro atoms. The van der Waals surface area contributed by atoms with Gasteiger partial charge in [0, 0.05) is 18.2 Å². The maximum Gasteiger partial charge on any atom is 0.136 e. The van der Waals surface area contributed by atoms with Crippen molar-refractivity contribution in [1.82, 2.24) is 0 Å².